The molecule has 182 valence electrons. The van der Waals surface area contributed by atoms with Crippen LogP contribution in [0.5, 0.6) is 11.8 Å². The normalized spacial score (nSPS) is 28.5. The molecular weight excluding hydrogens is 460 g/mol. The fourth-order valence-electron chi connectivity index (χ4n) is 6.02. The summed E-state index contributed by atoms with van der Waals surface area (Å²) in [5, 5.41) is 20.2. The molecule has 0 saturated carbocycles. The van der Waals surface area contributed by atoms with Crippen LogP contribution in [0.1, 0.15) is 18.4 Å². The van der Waals surface area contributed by atoms with Crippen molar-refractivity contribution in [1.29, 1.82) is 0 Å². The van der Waals surface area contributed by atoms with Crippen molar-refractivity contribution < 1.29 is 24.6 Å². The molecule has 2 N–H and O–H groups in total. The van der Waals surface area contributed by atoms with E-state index in [-0.39, 0.29) is 11.8 Å². The minimum Gasteiger partial charge on any atom is -0.492 e. The fraction of sp³-hybridized carbons (Fsp3) is 0.542. The fourth-order valence-corrected chi connectivity index (χ4v) is 6.18. The van der Waals surface area contributed by atoms with Crippen molar-refractivity contribution in [3.63, 3.8) is 0 Å². The molecule has 2 aromatic rings. The van der Waals surface area contributed by atoms with Crippen LogP contribution in [0.2, 0.25) is 5.02 Å². The SMILES string of the molecule is O=C(On1c(O)ccc1O)N1CC2CN(Cc3ccc(Cl)cc3N3CC4CCC(C3)O4)CC2C1. The molecule has 4 saturated heterocycles. The number of carbonyl (C=O) groups is 1. The molecular formula is C24H29ClN4O5. The van der Waals surface area contributed by atoms with Crippen molar-refractivity contribution in [1.82, 2.24) is 14.5 Å². The third-order valence-electron chi connectivity index (χ3n) is 7.61. The molecule has 10 heteroatoms. The van der Waals surface area contributed by atoms with Gasteiger partial charge in [-0.2, -0.15) is 0 Å². The minimum atomic E-state index is -0.565. The largest absolute Gasteiger partial charge is 0.492 e. The second-order valence-electron chi connectivity index (χ2n) is 9.96. The highest BCUT2D eigenvalue weighted by molar-refractivity contribution is 6.30. The maximum atomic E-state index is 12.5. The molecule has 1 aromatic heterocycles. The van der Waals surface area contributed by atoms with Crippen LogP contribution in [-0.4, -0.2) is 82.3 Å². The lowest BCUT2D eigenvalue weighted by atomic mass is 10.0. The number of benzene rings is 1. The van der Waals surface area contributed by atoms with Gasteiger partial charge in [0.1, 0.15) is 0 Å². The van der Waals surface area contributed by atoms with Crippen LogP contribution in [0.3, 0.4) is 0 Å². The van der Waals surface area contributed by atoms with E-state index < -0.39 is 6.09 Å². The van der Waals surface area contributed by atoms with Crippen molar-refractivity contribution in [3.05, 3.63) is 40.9 Å². The second kappa shape index (κ2) is 8.55. The van der Waals surface area contributed by atoms with Gasteiger partial charge in [-0.15, -0.1) is 4.73 Å². The third kappa shape index (κ3) is 4.06. The van der Waals surface area contributed by atoms with Crippen LogP contribution in [0.25, 0.3) is 0 Å². The summed E-state index contributed by atoms with van der Waals surface area (Å²) < 4.78 is 6.76. The number of carbonyl (C=O) groups excluding carboxylic acids is 1. The number of aromatic nitrogens is 1. The Morgan fingerprint density at radius 2 is 1.62 bits per heavy atom. The molecule has 1 amide bonds. The predicted octanol–water partition coefficient (Wildman–Crippen LogP) is 2.53. The Labute approximate surface area is 203 Å². The third-order valence-corrected chi connectivity index (χ3v) is 7.85. The molecule has 34 heavy (non-hydrogen) atoms. The van der Waals surface area contributed by atoms with Crippen LogP contribution < -0.4 is 9.74 Å². The standard InChI is InChI=1S/C24H29ClN4O5/c25-18-2-1-15(21(7-18)27-13-19-3-4-20(14-27)33-19)8-26-9-16-11-28(12-17(16)10-26)24(32)34-29-22(30)5-6-23(29)31/h1-2,5-7,16-17,19-20,30-31H,3-4,8-14H2. The molecule has 9 nitrogen and oxygen atoms in total. The second-order valence-corrected chi connectivity index (χ2v) is 10.4. The van der Waals surface area contributed by atoms with E-state index in [0.717, 1.165) is 55.3 Å². The van der Waals surface area contributed by atoms with Gasteiger partial charge in [-0.1, -0.05) is 17.7 Å². The molecule has 4 aliphatic rings. The number of hydrogen-bond acceptors (Lipinski definition) is 7. The summed E-state index contributed by atoms with van der Waals surface area (Å²) in [6.45, 7) is 5.70. The van der Waals surface area contributed by atoms with E-state index in [1.807, 2.05) is 6.07 Å². The van der Waals surface area contributed by atoms with Crippen LogP contribution in [-0.2, 0) is 11.3 Å². The smallest absolute Gasteiger partial charge is 0.434 e. The summed E-state index contributed by atoms with van der Waals surface area (Å²) >= 11 is 6.38. The number of ether oxygens (including phenoxy) is 1. The molecule has 0 spiro atoms. The number of hydrogen-bond donors (Lipinski definition) is 2. The first-order chi connectivity index (χ1) is 16.4. The number of morpholine rings is 1. The van der Waals surface area contributed by atoms with Gasteiger partial charge in [0.25, 0.3) is 0 Å². The van der Waals surface area contributed by atoms with E-state index in [1.54, 1.807) is 4.90 Å². The summed E-state index contributed by atoms with van der Waals surface area (Å²) in [6, 6.07) is 8.74. The predicted molar refractivity (Wildman–Crippen MR) is 125 cm³/mol. The highest BCUT2D eigenvalue weighted by atomic mass is 35.5. The lowest BCUT2D eigenvalue weighted by molar-refractivity contribution is 0.0304. The van der Waals surface area contributed by atoms with Gasteiger partial charge < -0.3 is 29.6 Å². The van der Waals surface area contributed by atoms with Gasteiger partial charge in [-0.3, -0.25) is 4.90 Å². The molecule has 4 atom stereocenters. The Bertz CT molecular complexity index is 1050. The van der Waals surface area contributed by atoms with Crippen LogP contribution in [0.4, 0.5) is 10.5 Å². The Hall–Kier alpha value is -2.62. The van der Waals surface area contributed by atoms with Gasteiger partial charge in [0.2, 0.25) is 11.8 Å². The lowest BCUT2D eigenvalue weighted by Gasteiger charge is -2.35. The molecule has 4 unspecified atom stereocenters. The Balaban J connectivity index is 1.09. The number of aromatic hydroxyl groups is 2. The number of anilines is 1. The first-order valence-electron chi connectivity index (χ1n) is 11.9. The molecule has 6 rings (SSSR count). The Kier molecular flexibility index (Phi) is 5.50. The number of likely N-dealkylation sites (tertiary alicyclic amines) is 2. The summed E-state index contributed by atoms with van der Waals surface area (Å²) in [4.78, 5) is 24.3. The average Bonchev–Trinajstić information content (AvgIpc) is 3.55. The lowest BCUT2D eigenvalue weighted by Crippen LogP contribution is -2.43. The van der Waals surface area contributed by atoms with Crippen molar-refractivity contribution >= 4 is 23.4 Å². The average molecular weight is 489 g/mol. The number of halogens is 1. The van der Waals surface area contributed by atoms with E-state index in [9.17, 15) is 15.0 Å². The molecule has 1 aromatic carbocycles. The van der Waals surface area contributed by atoms with Gasteiger partial charge in [0.05, 0.1) is 12.2 Å². The van der Waals surface area contributed by atoms with Gasteiger partial charge in [0, 0.05) is 68.7 Å². The van der Waals surface area contributed by atoms with Gasteiger partial charge in [-0.25, -0.2) is 4.79 Å². The van der Waals surface area contributed by atoms with Crippen LogP contribution >= 0.6 is 11.6 Å². The van der Waals surface area contributed by atoms with E-state index in [0.29, 0.717) is 37.1 Å². The topological polar surface area (TPSA) is 90.6 Å². The van der Waals surface area contributed by atoms with E-state index in [1.165, 1.54) is 23.4 Å². The quantitative estimate of drug-likeness (QED) is 0.683. The van der Waals surface area contributed by atoms with Crippen LogP contribution in [0, 0.1) is 11.8 Å². The molecule has 2 bridgehead atoms. The zero-order valence-corrected chi connectivity index (χ0v) is 19.6. The van der Waals surface area contributed by atoms with E-state index in [2.05, 4.69) is 21.9 Å². The van der Waals surface area contributed by atoms with E-state index >= 15 is 0 Å². The van der Waals surface area contributed by atoms with Crippen molar-refractivity contribution in [2.75, 3.05) is 44.2 Å². The van der Waals surface area contributed by atoms with Crippen LogP contribution in [0.15, 0.2) is 30.3 Å². The first-order valence-corrected chi connectivity index (χ1v) is 12.3. The molecule has 4 aliphatic heterocycles. The zero-order valence-electron chi connectivity index (χ0n) is 18.8. The molecule has 5 heterocycles. The summed E-state index contributed by atoms with van der Waals surface area (Å²) in [6.07, 6.45) is 2.34. The number of nitrogens with zero attached hydrogens (tertiary/aromatic N) is 4. The zero-order chi connectivity index (χ0) is 23.4. The Morgan fingerprint density at radius 1 is 0.971 bits per heavy atom. The Morgan fingerprint density at radius 3 is 2.26 bits per heavy atom. The maximum Gasteiger partial charge on any atom is 0.434 e. The monoisotopic (exact) mass is 488 g/mol. The first kappa shape index (κ1) is 21.9. The minimum absolute atomic E-state index is 0.316. The van der Waals surface area contributed by atoms with Gasteiger partial charge >= 0.3 is 6.09 Å². The van der Waals surface area contributed by atoms with Crippen molar-refractivity contribution in [3.8, 4) is 11.8 Å². The highest BCUT2D eigenvalue weighted by Gasteiger charge is 2.43. The molecule has 0 aliphatic carbocycles. The van der Waals surface area contributed by atoms with Crippen molar-refractivity contribution in [2.24, 2.45) is 11.8 Å². The highest BCUT2D eigenvalue weighted by Crippen LogP contribution is 2.36. The molecule has 4 fully saturated rings. The summed E-state index contributed by atoms with van der Waals surface area (Å²) in [5.74, 6) is 0.107. The van der Waals surface area contributed by atoms with E-state index in [4.69, 9.17) is 21.2 Å². The van der Waals surface area contributed by atoms with Crippen molar-refractivity contribution in [2.45, 2.75) is 31.6 Å². The van der Waals surface area contributed by atoms with Gasteiger partial charge in [-0.05, 0) is 42.4 Å². The summed E-state index contributed by atoms with van der Waals surface area (Å²) in [5.41, 5.74) is 2.49. The maximum absolute atomic E-state index is 12.5. The number of fused-ring (bicyclic) bond motifs is 3. The number of rotatable bonds is 4. The van der Waals surface area contributed by atoms with Gasteiger partial charge in [0.15, 0.2) is 0 Å². The summed E-state index contributed by atoms with van der Waals surface area (Å²) in [7, 11) is 0. The molecule has 0 radical (unpaired) electrons. The number of amides is 1.